The zero-order valence-electron chi connectivity index (χ0n) is 14.7. The molecule has 1 rings (SSSR count). The van der Waals surface area contributed by atoms with Gasteiger partial charge in [0, 0.05) is 12.6 Å². The van der Waals surface area contributed by atoms with Gasteiger partial charge in [-0.3, -0.25) is 4.79 Å². The van der Waals surface area contributed by atoms with E-state index >= 15 is 0 Å². The van der Waals surface area contributed by atoms with Crippen LogP contribution in [0.5, 0.6) is 5.75 Å². The van der Waals surface area contributed by atoms with Gasteiger partial charge in [-0.2, -0.15) is 4.31 Å². The molecule has 1 atom stereocenters. The van der Waals surface area contributed by atoms with E-state index in [1.807, 2.05) is 20.8 Å². The fourth-order valence-electron chi connectivity index (χ4n) is 1.91. The van der Waals surface area contributed by atoms with Crippen molar-refractivity contribution < 1.29 is 17.9 Å². The summed E-state index contributed by atoms with van der Waals surface area (Å²) in [6.07, 6.45) is 1.46. The maximum Gasteiger partial charge on any atom is 0.243 e. The Labute approximate surface area is 144 Å². The van der Waals surface area contributed by atoms with Gasteiger partial charge < -0.3 is 10.1 Å². The van der Waals surface area contributed by atoms with E-state index in [1.165, 1.54) is 25.3 Å². The molecule has 0 spiro atoms. The van der Waals surface area contributed by atoms with Crippen molar-refractivity contribution in [1.82, 2.24) is 9.62 Å². The van der Waals surface area contributed by atoms with Gasteiger partial charge in [-0.25, -0.2) is 8.42 Å². The van der Waals surface area contributed by atoms with Crippen molar-refractivity contribution in [3.8, 4) is 5.75 Å². The molecule has 0 radical (unpaired) electrons. The number of methoxy groups -OCH3 is 1. The van der Waals surface area contributed by atoms with Crippen LogP contribution in [0.3, 0.4) is 0 Å². The highest BCUT2D eigenvalue weighted by molar-refractivity contribution is 7.89. The van der Waals surface area contributed by atoms with Gasteiger partial charge in [-0.05, 0) is 37.1 Å². The van der Waals surface area contributed by atoms with Crippen molar-refractivity contribution in [2.24, 2.45) is 5.92 Å². The third kappa shape index (κ3) is 5.35. The summed E-state index contributed by atoms with van der Waals surface area (Å²) in [5.41, 5.74) is 0. The molecule has 1 aromatic rings. The van der Waals surface area contributed by atoms with Crippen molar-refractivity contribution in [1.29, 1.82) is 0 Å². The summed E-state index contributed by atoms with van der Waals surface area (Å²) in [5.74, 6) is 0.489. The summed E-state index contributed by atoms with van der Waals surface area (Å²) in [6, 6.07) is 6.02. The highest BCUT2D eigenvalue weighted by Crippen LogP contribution is 2.19. The first-order valence-corrected chi connectivity index (χ1v) is 9.20. The van der Waals surface area contributed by atoms with E-state index in [9.17, 15) is 13.2 Å². The zero-order valence-corrected chi connectivity index (χ0v) is 15.5. The Morgan fingerprint density at radius 2 is 1.88 bits per heavy atom. The van der Waals surface area contributed by atoms with E-state index in [1.54, 1.807) is 12.1 Å². The molecule has 1 N–H and O–H groups in total. The molecule has 0 fully saturated rings. The van der Waals surface area contributed by atoms with Crippen molar-refractivity contribution in [3.05, 3.63) is 36.9 Å². The van der Waals surface area contributed by atoms with Crippen LogP contribution in [-0.2, 0) is 14.8 Å². The van der Waals surface area contributed by atoms with Gasteiger partial charge >= 0.3 is 0 Å². The van der Waals surface area contributed by atoms with Gasteiger partial charge in [0.2, 0.25) is 15.9 Å². The number of hydrogen-bond donors (Lipinski definition) is 1. The molecule has 0 aliphatic rings. The Morgan fingerprint density at radius 3 is 2.33 bits per heavy atom. The number of ether oxygens (including phenoxy) is 1. The summed E-state index contributed by atoms with van der Waals surface area (Å²) < 4.78 is 31.6. The Kier molecular flexibility index (Phi) is 7.44. The smallest absolute Gasteiger partial charge is 0.243 e. The van der Waals surface area contributed by atoms with Crippen LogP contribution >= 0.6 is 0 Å². The number of amides is 1. The second-order valence-corrected chi connectivity index (χ2v) is 7.80. The van der Waals surface area contributed by atoms with Crippen LogP contribution in [0.2, 0.25) is 0 Å². The van der Waals surface area contributed by atoms with E-state index in [-0.39, 0.29) is 35.9 Å². The third-order valence-corrected chi connectivity index (χ3v) is 5.56. The van der Waals surface area contributed by atoms with E-state index < -0.39 is 10.0 Å². The summed E-state index contributed by atoms with van der Waals surface area (Å²) in [5, 5.41) is 2.81. The van der Waals surface area contributed by atoms with Crippen molar-refractivity contribution in [2.45, 2.75) is 31.7 Å². The highest BCUT2D eigenvalue weighted by Gasteiger charge is 2.26. The number of nitrogens with one attached hydrogen (secondary N) is 1. The van der Waals surface area contributed by atoms with Gasteiger partial charge in [0.1, 0.15) is 5.75 Å². The average molecular weight is 354 g/mol. The van der Waals surface area contributed by atoms with Crippen LogP contribution in [0.15, 0.2) is 41.8 Å². The Balaban J connectivity index is 2.96. The molecule has 7 heteroatoms. The molecule has 6 nitrogen and oxygen atoms in total. The maximum atomic E-state index is 12.7. The first kappa shape index (κ1) is 20.2. The molecule has 0 saturated heterocycles. The number of hydrogen-bond acceptors (Lipinski definition) is 4. The SMILES string of the molecule is C=CCN(CC(=O)NC(C)C(C)C)S(=O)(=O)c1ccc(OC)cc1. The first-order chi connectivity index (χ1) is 11.2. The minimum atomic E-state index is -3.79. The van der Waals surface area contributed by atoms with Crippen LogP contribution in [0.25, 0.3) is 0 Å². The van der Waals surface area contributed by atoms with E-state index in [0.717, 1.165) is 4.31 Å². The molecular formula is C17H26N2O4S. The summed E-state index contributed by atoms with van der Waals surface area (Å²) >= 11 is 0. The minimum absolute atomic E-state index is 0.0354. The molecule has 0 bridgehead atoms. The number of carbonyl (C=O) groups is 1. The summed E-state index contributed by atoms with van der Waals surface area (Å²) in [6.45, 7) is 9.24. The molecule has 134 valence electrons. The second kappa shape index (κ2) is 8.84. The quantitative estimate of drug-likeness (QED) is 0.689. The first-order valence-electron chi connectivity index (χ1n) is 7.76. The average Bonchev–Trinajstić information content (AvgIpc) is 2.54. The largest absolute Gasteiger partial charge is 0.497 e. The van der Waals surface area contributed by atoms with Crippen LogP contribution in [0.4, 0.5) is 0 Å². The van der Waals surface area contributed by atoms with Gasteiger partial charge in [0.15, 0.2) is 0 Å². The molecule has 1 unspecified atom stereocenters. The molecule has 0 aliphatic heterocycles. The lowest BCUT2D eigenvalue weighted by Crippen LogP contribution is -2.44. The van der Waals surface area contributed by atoms with Gasteiger partial charge in [0.05, 0.1) is 18.6 Å². The normalized spacial score (nSPS) is 12.9. The third-order valence-electron chi connectivity index (χ3n) is 3.74. The molecule has 0 aliphatic carbocycles. The van der Waals surface area contributed by atoms with E-state index in [4.69, 9.17) is 4.74 Å². The molecule has 24 heavy (non-hydrogen) atoms. The topological polar surface area (TPSA) is 75.7 Å². The molecule has 0 aromatic heterocycles. The van der Waals surface area contributed by atoms with E-state index in [2.05, 4.69) is 11.9 Å². The lowest BCUT2D eigenvalue weighted by molar-refractivity contribution is -0.122. The monoisotopic (exact) mass is 354 g/mol. The molecule has 1 aromatic carbocycles. The molecule has 0 heterocycles. The fourth-order valence-corrected chi connectivity index (χ4v) is 3.28. The van der Waals surface area contributed by atoms with Gasteiger partial charge in [-0.15, -0.1) is 6.58 Å². The Morgan fingerprint density at radius 1 is 1.29 bits per heavy atom. The Hall–Kier alpha value is -1.86. The van der Waals surface area contributed by atoms with Gasteiger partial charge in [0.25, 0.3) is 0 Å². The fraction of sp³-hybridized carbons (Fsp3) is 0.471. The predicted molar refractivity (Wildman–Crippen MR) is 94.4 cm³/mol. The maximum absolute atomic E-state index is 12.7. The lowest BCUT2D eigenvalue weighted by Gasteiger charge is -2.23. The number of sulfonamides is 1. The predicted octanol–water partition coefficient (Wildman–Crippen LogP) is 2.03. The van der Waals surface area contributed by atoms with Crippen molar-refractivity contribution in [2.75, 3.05) is 20.2 Å². The number of nitrogens with zero attached hydrogens (tertiary/aromatic N) is 1. The van der Waals surface area contributed by atoms with Crippen LogP contribution in [0, 0.1) is 5.92 Å². The molecule has 0 saturated carbocycles. The van der Waals surface area contributed by atoms with E-state index in [0.29, 0.717) is 5.75 Å². The molecule has 1 amide bonds. The summed E-state index contributed by atoms with van der Waals surface area (Å²) in [4.78, 5) is 12.3. The van der Waals surface area contributed by atoms with Crippen LogP contribution in [-0.4, -0.2) is 44.9 Å². The minimum Gasteiger partial charge on any atom is -0.497 e. The highest BCUT2D eigenvalue weighted by atomic mass is 32.2. The summed E-state index contributed by atoms with van der Waals surface area (Å²) in [7, 11) is -2.29. The van der Waals surface area contributed by atoms with Crippen molar-refractivity contribution >= 4 is 15.9 Å². The standard InChI is InChI=1S/C17H26N2O4S/c1-6-11-19(12-17(20)18-14(4)13(2)3)24(21,22)16-9-7-15(23-5)8-10-16/h6-10,13-14H,1,11-12H2,2-5H3,(H,18,20). The van der Waals surface area contributed by atoms with Crippen LogP contribution < -0.4 is 10.1 Å². The van der Waals surface area contributed by atoms with Gasteiger partial charge in [-0.1, -0.05) is 19.9 Å². The number of rotatable bonds is 9. The van der Waals surface area contributed by atoms with Crippen molar-refractivity contribution in [3.63, 3.8) is 0 Å². The number of benzene rings is 1. The lowest BCUT2D eigenvalue weighted by atomic mass is 10.1. The van der Waals surface area contributed by atoms with Crippen LogP contribution in [0.1, 0.15) is 20.8 Å². The Bertz CT molecular complexity index is 654. The number of carbonyl (C=O) groups excluding carboxylic acids is 1. The second-order valence-electron chi connectivity index (χ2n) is 5.86. The zero-order chi connectivity index (χ0) is 18.3. The molecular weight excluding hydrogens is 328 g/mol.